The number of nitrogens with zero attached hydrogens (tertiary/aromatic N) is 1. The number of carboxylic acids is 1. The fourth-order valence-corrected chi connectivity index (χ4v) is 3.40. The molecule has 106 valence electrons. The monoisotopic (exact) mass is 279 g/mol. The number of aromatic nitrogens is 1. The summed E-state index contributed by atoms with van der Waals surface area (Å²) in [6.07, 6.45) is 4.26. The summed E-state index contributed by atoms with van der Waals surface area (Å²) < 4.78 is 0. The molecule has 1 N–H and O–H groups in total. The van der Waals surface area contributed by atoms with Gasteiger partial charge in [0.2, 0.25) is 0 Å². The predicted molar refractivity (Wildman–Crippen MR) is 79.3 cm³/mol. The molecule has 0 aliphatic heterocycles. The average molecular weight is 279 g/mol. The van der Waals surface area contributed by atoms with Crippen molar-refractivity contribution in [1.29, 1.82) is 0 Å². The fraction of sp³-hybridized carbons (Fsp3) is 0.333. The van der Waals surface area contributed by atoms with Gasteiger partial charge < -0.3 is 5.11 Å². The largest absolute Gasteiger partial charge is 0.481 e. The Bertz CT molecular complexity index is 679. The van der Waals surface area contributed by atoms with E-state index < -0.39 is 5.97 Å². The SMILES string of the molecule is O=C(O)C1C(c2ccccc2)C1c1ccnc(C2CC2)c1. The van der Waals surface area contributed by atoms with Gasteiger partial charge in [0.1, 0.15) is 0 Å². The maximum absolute atomic E-state index is 11.5. The Morgan fingerprint density at radius 2 is 1.76 bits per heavy atom. The van der Waals surface area contributed by atoms with Gasteiger partial charge in [0.25, 0.3) is 0 Å². The van der Waals surface area contributed by atoms with E-state index in [2.05, 4.69) is 11.1 Å². The lowest BCUT2D eigenvalue weighted by atomic mass is 10.0. The summed E-state index contributed by atoms with van der Waals surface area (Å²) in [6, 6.07) is 14.1. The highest BCUT2D eigenvalue weighted by Gasteiger charge is 2.56. The minimum absolute atomic E-state index is 0.0883. The average Bonchev–Trinajstić information content (AvgIpc) is 3.40. The second-order valence-electron chi connectivity index (χ2n) is 6.11. The van der Waals surface area contributed by atoms with Crippen molar-refractivity contribution in [2.75, 3.05) is 0 Å². The van der Waals surface area contributed by atoms with Crippen molar-refractivity contribution in [1.82, 2.24) is 4.98 Å². The van der Waals surface area contributed by atoms with E-state index in [0.717, 1.165) is 16.8 Å². The number of hydrogen-bond acceptors (Lipinski definition) is 2. The minimum atomic E-state index is -0.696. The fourth-order valence-electron chi connectivity index (χ4n) is 3.40. The van der Waals surface area contributed by atoms with Crippen LogP contribution in [0.5, 0.6) is 0 Å². The van der Waals surface area contributed by atoms with Gasteiger partial charge in [-0.25, -0.2) is 0 Å². The van der Waals surface area contributed by atoms with E-state index in [1.165, 1.54) is 12.8 Å². The molecule has 21 heavy (non-hydrogen) atoms. The third kappa shape index (κ3) is 2.23. The lowest BCUT2D eigenvalue weighted by molar-refractivity contribution is -0.138. The molecular weight excluding hydrogens is 262 g/mol. The Hall–Kier alpha value is -2.16. The third-order valence-electron chi connectivity index (χ3n) is 4.68. The van der Waals surface area contributed by atoms with Crippen molar-refractivity contribution in [3.05, 3.63) is 65.5 Å². The Kier molecular flexibility index (Phi) is 2.81. The number of hydrogen-bond donors (Lipinski definition) is 1. The van der Waals surface area contributed by atoms with Crippen LogP contribution in [0.2, 0.25) is 0 Å². The van der Waals surface area contributed by atoms with Gasteiger partial charge in [-0.1, -0.05) is 30.3 Å². The molecule has 2 aliphatic rings. The number of pyridine rings is 1. The van der Waals surface area contributed by atoms with Crippen LogP contribution in [0.15, 0.2) is 48.7 Å². The van der Waals surface area contributed by atoms with Gasteiger partial charge in [0.15, 0.2) is 0 Å². The number of aliphatic carboxylic acids is 1. The zero-order chi connectivity index (χ0) is 14.4. The first-order valence-corrected chi connectivity index (χ1v) is 7.49. The van der Waals surface area contributed by atoms with Crippen molar-refractivity contribution in [2.45, 2.75) is 30.6 Å². The molecule has 0 amide bonds. The molecule has 3 unspecified atom stereocenters. The lowest BCUT2D eigenvalue weighted by Gasteiger charge is -2.03. The van der Waals surface area contributed by atoms with E-state index in [1.807, 2.05) is 42.6 Å². The summed E-state index contributed by atoms with van der Waals surface area (Å²) in [6.45, 7) is 0. The van der Waals surface area contributed by atoms with Gasteiger partial charge in [-0.2, -0.15) is 0 Å². The van der Waals surface area contributed by atoms with Crippen LogP contribution in [0.4, 0.5) is 0 Å². The molecule has 0 saturated heterocycles. The normalized spacial score (nSPS) is 27.3. The maximum Gasteiger partial charge on any atom is 0.307 e. The zero-order valence-electron chi connectivity index (χ0n) is 11.6. The Morgan fingerprint density at radius 1 is 1.05 bits per heavy atom. The van der Waals surface area contributed by atoms with Crippen LogP contribution < -0.4 is 0 Å². The van der Waals surface area contributed by atoms with E-state index in [-0.39, 0.29) is 17.8 Å². The van der Waals surface area contributed by atoms with Crippen LogP contribution >= 0.6 is 0 Å². The predicted octanol–water partition coefficient (Wildman–Crippen LogP) is 3.54. The van der Waals surface area contributed by atoms with Crippen molar-refractivity contribution in [3.8, 4) is 0 Å². The Morgan fingerprint density at radius 3 is 2.43 bits per heavy atom. The topological polar surface area (TPSA) is 50.2 Å². The summed E-state index contributed by atoms with van der Waals surface area (Å²) >= 11 is 0. The van der Waals surface area contributed by atoms with Crippen LogP contribution in [0.1, 0.15) is 47.4 Å². The van der Waals surface area contributed by atoms with Gasteiger partial charge in [-0.05, 0) is 36.1 Å². The summed E-state index contributed by atoms with van der Waals surface area (Å²) in [5, 5.41) is 9.49. The van der Waals surface area contributed by atoms with Crippen LogP contribution in [-0.4, -0.2) is 16.1 Å². The first-order chi connectivity index (χ1) is 10.3. The number of carboxylic acid groups (broad SMARTS) is 1. The van der Waals surface area contributed by atoms with E-state index >= 15 is 0 Å². The lowest BCUT2D eigenvalue weighted by Crippen LogP contribution is -2.00. The molecule has 2 aromatic rings. The quantitative estimate of drug-likeness (QED) is 0.931. The molecule has 0 bridgehead atoms. The first kappa shape index (κ1) is 12.6. The first-order valence-electron chi connectivity index (χ1n) is 7.49. The maximum atomic E-state index is 11.5. The van der Waals surface area contributed by atoms with Gasteiger partial charge >= 0.3 is 5.97 Å². The molecule has 3 atom stereocenters. The van der Waals surface area contributed by atoms with Crippen molar-refractivity contribution < 1.29 is 9.90 Å². The summed E-state index contributed by atoms with van der Waals surface area (Å²) in [5.41, 5.74) is 3.39. The summed E-state index contributed by atoms with van der Waals surface area (Å²) in [7, 11) is 0. The molecule has 2 aliphatic carbocycles. The molecule has 0 radical (unpaired) electrons. The summed E-state index contributed by atoms with van der Waals surface area (Å²) in [5.74, 6) is -0.216. The van der Waals surface area contributed by atoms with E-state index in [4.69, 9.17) is 0 Å². The number of benzene rings is 1. The third-order valence-corrected chi connectivity index (χ3v) is 4.68. The second-order valence-corrected chi connectivity index (χ2v) is 6.11. The van der Waals surface area contributed by atoms with Crippen molar-refractivity contribution in [3.63, 3.8) is 0 Å². The molecule has 0 spiro atoms. The van der Waals surface area contributed by atoms with Crippen molar-refractivity contribution in [2.24, 2.45) is 5.92 Å². The molecule has 3 heteroatoms. The molecule has 2 fully saturated rings. The standard InChI is InChI=1S/C18H17NO2/c20-18(21)17-15(12-4-2-1-3-5-12)16(17)13-8-9-19-14(10-13)11-6-7-11/h1-5,8-11,15-17H,6-7H2,(H,20,21). The summed E-state index contributed by atoms with van der Waals surface area (Å²) in [4.78, 5) is 16.0. The Balaban J connectivity index is 1.67. The van der Waals surface area contributed by atoms with E-state index in [9.17, 15) is 9.90 Å². The minimum Gasteiger partial charge on any atom is -0.481 e. The molecule has 4 rings (SSSR count). The molecule has 2 saturated carbocycles. The van der Waals surface area contributed by atoms with Gasteiger partial charge in [-0.15, -0.1) is 0 Å². The van der Waals surface area contributed by atoms with E-state index in [1.54, 1.807) is 0 Å². The highest BCUT2D eigenvalue weighted by Crippen LogP contribution is 2.60. The van der Waals surface area contributed by atoms with Crippen LogP contribution in [0.25, 0.3) is 0 Å². The number of rotatable bonds is 4. The van der Waals surface area contributed by atoms with Gasteiger partial charge in [0.05, 0.1) is 5.92 Å². The van der Waals surface area contributed by atoms with Crippen LogP contribution in [0, 0.1) is 5.92 Å². The van der Waals surface area contributed by atoms with E-state index in [0.29, 0.717) is 5.92 Å². The van der Waals surface area contributed by atoms with Crippen LogP contribution in [0.3, 0.4) is 0 Å². The van der Waals surface area contributed by atoms with Crippen LogP contribution in [-0.2, 0) is 4.79 Å². The van der Waals surface area contributed by atoms with Gasteiger partial charge in [0, 0.05) is 29.6 Å². The molecular formula is C18H17NO2. The molecule has 3 nitrogen and oxygen atoms in total. The van der Waals surface area contributed by atoms with Crippen molar-refractivity contribution >= 4 is 5.97 Å². The highest BCUT2D eigenvalue weighted by molar-refractivity contribution is 5.78. The number of carbonyl (C=O) groups is 1. The zero-order valence-corrected chi connectivity index (χ0v) is 11.6. The smallest absolute Gasteiger partial charge is 0.307 e. The van der Waals surface area contributed by atoms with Gasteiger partial charge in [-0.3, -0.25) is 9.78 Å². The molecule has 1 heterocycles. The second kappa shape index (κ2) is 4.69. The Labute approximate surface area is 123 Å². The highest BCUT2D eigenvalue weighted by atomic mass is 16.4. The molecule has 1 aromatic heterocycles. The molecule has 1 aromatic carbocycles.